The van der Waals surface area contributed by atoms with Crippen LogP contribution in [0.4, 0.5) is 0 Å². The summed E-state index contributed by atoms with van der Waals surface area (Å²) in [6.07, 6.45) is 1.79. The largest absolute Gasteiger partial charge is 0.440 e. The van der Waals surface area contributed by atoms with Crippen LogP contribution in [0.5, 0.6) is 0 Å². The van der Waals surface area contributed by atoms with Crippen LogP contribution in [-0.4, -0.2) is 19.7 Å². The Bertz CT molecular complexity index is 1290. The number of hydrogen-bond donors (Lipinski definition) is 0. The maximum Gasteiger partial charge on any atom is 0.199 e. The summed E-state index contributed by atoms with van der Waals surface area (Å²) in [5.74, 6) is 1.31. The van der Waals surface area contributed by atoms with E-state index in [1.165, 1.54) is 17.4 Å². The summed E-state index contributed by atoms with van der Waals surface area (Å²) in [4.78, 5) is 5.06. The Morgan fingerprint density at radius 3 is 2.13 bits per heavy atom. The highest BCUT2D eigenvalue weighted by Crippen LogP contribution is 2.34. The van der Waals surface area contributed by atoms with E-state index in [0.717, 1.165) is 16.7 Å². The van der Waals surface area contributed by atoms with Crippen molar-refractivity contribution in [3.05, 3.63) is 95.4 Å². The van der Waals surface area contributed by atoms with Gasteiger partial charge in [-0.1, -0.05) is 54.6 Å². The van der Waals surface area contributed by atoms with Gasteiger partial charge in [-0.05, 0) is 48.7 Å². The summed E-state index contributed by atoms with van der Waals surface area (Å²) >= 11 is 0. The molecule has 0 saturated heterocycles. The fourth-order valence-electron chi connectivity index (χ4n) is 3.34. The molecular weight excluding hydrogens is 394 g/mol. The minimum Gasteiger partial charge on any atom is -0.440 e. The number of nitrogens with zero attached hydrogens (tertiary/aromatic N) is 1. The molecule has 0 atom stereocenters. The molecular formula is C25H23NO3S. The summed E-state index contributed by atoms with van der Waals surface area (Å²) in [7, 11) is -3.25. The highest BCUT2D eigenvalue weighted by atomic mass is 32.2. The van der Waals surface area contributed by atoms with Crippen molar-refractivity contribution in [1.82, 2.24) is 4.98 Å². The first-order chi connectivity index (χ1) is 14.3. The average molecular weight is 418 g/mol. The maximum atomic E-state index is 11.8. The van der Waals surface area contributed by atoms with E-state index in [4.69, 9.17) is 9.40 Å². The fraction of sp³-hybridized carbons (Fsp3) is 0.160. The molecule has 152 valence electrons. The Hall–Kier alpha value is -3.18. The summed E-state index contributed by atoms with van der Waals surface area (Å²) < 4.78 is 29.8. The monoisotopic (exact) mass is 417 g/mol. The number of rotatable bonds is 5. The molecule has 0 fully saturated rings. The predicted molar refractivity (Wildman–Crippen MR) is 119 cm³/mol. The number of benzene rings is 3. The third-order valence-electron chi connectivity index (χ3n) is 5.19. The van der Waals surface area contributed by atoms with Gasteiger partial charge in [-0.15, -0.1) is 0 Å². The van der Waals surface area contributed by atoms with E-state index in [0.29, 0.717) is 23.8 Å². The molecule has 5 heteroatoms. The lowest BCUT2D eigenvalue weighted by atomic mass is 10.0. The van der Waals surface area contributed by atoms with Gasteiger partial charge in [0.05, 0.1) is 4.90 Å². The first-order valence-corrected chi connectivity index (χ1v) is 11.6. The van der Waals surface area contributed by atoms with Gasteiger partial charge in [0.1, 0.15) is 5.69 Å². The van der Waals surface area contributed by atoms with Crippen LogP contribution in [0.2, 0.25) is 0 Å². The zero-order chi connectivity index (χ0) is 21.3. The van der Waals surface area contributed by atoms with Crippen LogP contribution in [0.3, 0.4) is 0 Å². The number of sulfone groups is 1. The third-order valence-corrected chi connectivity index (χ3v) is 6.32. The highest BCUT2D eigenvalue weighted by molar-refractivity contribution is 7.90. The van der Waals surface area contributed by atoms with Gasteiger partial charge < -0.3 is 4.42 Å². The van der Waals surface area contributed by atoms with Gasteiger partial charge in [-0.25, -0.2) is 13.4 Å². The van der Waals surface area contributed by atoms with Crippen molar-refractivity contribution in [3.8, 4) is 22.6 Å². The van der Waals surface area contributed by atoms with E-state index in [1.54, 1.807) is 24.3 Å². The van der Waals surface area contributed by atoms with E-state index in [-0.39, 0.29) is 4.90 Å². The molecule has 0 bridgehead atoms. The average Bonchev–Trinajstić information content (AvgIpc) is 3.14. The minimum atomic E-state index is -3.25. The van der Waals surface area contributed by atoms with E-state index < -0.39 is 9.84 Å². The van der Waals surface area contributed by atoms with E-state index >= 15 is 0 Å². The molecule has 1 aromatic heterocycles. The van der Waals surface area contributed by atoms with Gasteiger partial charge in [-0.3, -0.25) is 0 Å². The minimum absolute atomic E-state index is 0.284. The van der Waals surface area contributed by atoms with Crippen LogP contribution in [0.1, 0.15) is 22.6 Å². The molecule has 0 aliphatic carbocycles. The third kappa shape index (κ3) is 4.21. The van der Waals surface area contributed by atoms with Gasteiger partial charge in [0.2, 0.25) is 0 Å². The lowest BCUT2D eigenvalue weighted by molar-refractivity contribution is 0.519. The lowest BCUT2D eigenvalue weighted by Crippen LogP contribution is -1.96. The smallest absolute Gasteiger partial charge is 0.199 e. The Morgan fingerprint density at radius 2 is 1.50 bits per heavy atom. The van der Waals surface area contributed by atoms with Crippen molar-refractivity contribution in [2.45, 2.75) is 25.2 Å². The van der Waals surface area contributed by atoms with Crippen LogP contribution in [0.25, 0.3) is 22.6 Å². The Kier molecular flexibility index (Phi) is 5.31. The molecule has 4 rings (SSSR count). The fourth-order valence-corrected chi connectivity index (χ4v) is 3.97. The van der Waals surface area contributed by atoms with Crippen molar-refractivity contribution >= 4 is 9.84 Å². The molecule has 3 aromatic carbocycles. The van der Waals surface area contributed by atoms with Crippen LogP contribution >= 0.6 is 0 Å². The molecule has 0 aliphatic rings. The highest BCUT2D eigenvalue weighted by Gasteiger charge is 2.18. The molecule has 0 amide bonds. The topological polar surface area (TPSA) is 60.2 Å². The van der Waals surface area contributed by atoms with Crippen LogP contribution < -0.4 is 0 Å². The first kappa shape index (κ1) is 20.1. The molecule has 30 heavy (non-hydrogen) atoms. The summed E-state index contributed by atoms with van der Waals surface area (Å²) in [5.41, 5.74) is 5.98. The number of hydrogen-bond acceptors (Lipinski definition) is 4. The Morgan fingerprint density at radius 1 is 0.833 bits per heavy atom. The van der Waals surface area contributed by atoms with Gasteiger partial charge in [-0.2, -0.15) is 0 Å². The van der Waals surface area contributed by atoms with Gasteiger partial charge in [0, 0.05) is 23.8 Å². The summed E-state index contributed by atoms with van der Waals surface area (Å²) in [6, 6.07) is 23.0. The number of aryl methyl sites for hydroxylation is 2. The first-order valence-electron chi connectivity index (χ1n) is 9.73. The molecule has 0 radical (unpaired) electrons. The Balaban J connectivity index is 1.81. The second kappa shape index (κ2) is 7.92. The zero-order valence-electron chi connectivity index (χ0n) is 17.2. The van der Waals surface area contributed by atoms with Gasteiger partial charge >= 0.3 is 0 Å². The summed E-state index contributed by atoms with van der Waals surface area (Å²) in [5, 5.41) is 0. The second-order valence-corrected chi connectivity index (χ2v) is 9.56. The second-order valence-electron chi connectivity index (χ2n) is 7.54. The lowest BCUT2D eigenvalue weighted by Gasteiger charge is -2.06. The van der Waals surface area contributed by atoms with Crippen molar-refractivity contribution in [2.75, 3.05) is 6.26 Å². The van der Waals surface area contributed by atoms with Crippen LogP contribution in [0, 0.1) is 13.8 Å². The van der Waals surface area contributed by atoms with Crippen LogP contribution in [0.15, 0.2) is 82.1 Å². The molecule has 0 aliphatic heterocycles. The molecule has 0 saturated carbocycles. The van der Waals surface area contributed by atoms with Crippen molar-refractivity contribution in [2.24, 2.45) is 0 Å². The molecule has 0 spiro atoms. The van der Waals surface area contributed by atoms with Crippen LogP contribution in [-0.2, 0) is 16.3 Å². The molecule has 4 aromatic rings. The van der Waals surface area contributed by atoms with Gasteiger partial charge in [0.25, 0.3) is 0 Å². The molecule has 1 heterocycles. The SMILES string of the molecule is Cc1ccc(-c2oc(Cc3ccccc3)nc2-c2ccc(S(C)(=O)=O)cc2)cc1C. The number of aromatic nitrogens is 1. The quantitative estimate of drug-likeness (QED) is 0.423. The normalized spacial score (nSPS) is 11.6. The van der Waals surface area contributed by atoms with Crippen molar-refractivity contribution in [1.29, 1.82) is 0 Å². The standard InChI is InChI=1S/C25H23NO3S/c1-17-9-10-21(15-18(17)2)25-24(20-11-13-22(14-12-20)30(3,27)28)26-23(29-25)16-19-7-5-4-6-8-19/h4-15H,16H2,1-3H3. The van der Waals surface area contributed by atoms with Crippen molar-refractivity contribution < 1.29 is 12.8 Å². The molecule has 4 nitrogen and oxygen atoms in total. The van der Waals surface area contributed by atoms with Gasteiger partial charge in [0.15, 0.2) is 21.5 Å². The maximum absolute atomic E-state index is 11.8. The zero-order valence-corrected chi connectivity index (χ0v) is 18.0. The number of oxazole rings is 1. The molecule has 0 unspecified atom stereocenters. The van der Waals surface area contributed by atoms with E-state index in [2.05, 4.69) is 26.0 Å². The van der Waals surface area contributed by atoms with E-state index in [1.807, 2.05) is 36.4 Å². The summed E-state index contributed by atoms with van der Waals surface area (Å²) in [6.45, 7) is 4.14. The van der Waals surface area contributed by atoms with Crippen molar-refractivity contribution in [3.63, 3.8) is 0 Å². The Labute approximate surface area is 177 Å². The molecule has 0 N–H and O–H groups in total. The predicted octanol–water partition coefficient (Wildman–Crippen LogP) is 5.62. The van der Waals surface area contributed by atoms with E-state index in [9.17, 15) is 8.42 Å².